The third-order valence-corrected chi connectivity index (χ3v) is 2.05. The van der Waals surface area contributed by atoms with Crippen molar-refractivity contribution in [1.82, 2.24) is 15.6 Å². The first-order valence-corrected chi connectivity index (χ1v) is 5.22. The molecule has 0 spiro atoms. The van der Waals surface area contributed by atoms with E-state index in [1.807, 2.05) is 0 Å². The van der Waals surface area contributed by atoms with Crippen LogP contribution in [0.1, 0.15) is 17.4 Å². The van der Waals surface area contributed by atoms with E-state index in [0.29, 0.717) is 0 Å². The third kappa shape index (κ3) is 4.20. The van der Waals surface area contributed by atoms with Crippen LogP contribution in [0.2, 0.25) is 0 Å². The lowest BCUT2D eigenvalue weighted by atomic mass is 10.3. The van der Waals surface area contributed by atoms with Crippen molar-refractivity contribution >= 4 is 17.8 Å². The van der Waals surface area contributed by atoms with Crippen molar-refractivity contribution < 1.29 is 19.5 Å². The average Bonchev–Trinajstić information content (AvgIpc) is 2.36. The van der Waals surface area contributed by atoms with Crippen molar-refractivity contribution in [3.8, 4) is 0 Å². The highest BCUT2D eigenvalue weighted by Crippen LogP contribution is 1.92. The Morgan fingerprint density at radius 1 is 1.39 bits per heavy atom. The number of carbonyl (C=O) groups is 3. The topological polar surface area (TPSA) is 108 Å². The molecule has 1 rings (SSSR count). The van der Waals surface area contributed by atoms with E-state index in [9.17, 15) is 14.4 Å². The van der Waals surface area contributed by atoms with E-state index in [1.54, 1.807) is 12.1 Å². The van der Waals surface area contributed by atoms with Crippen LogP contribution in [0, 0.1) is 0 Å². The SMILES string of the molecule is C[C@H](NC(=O)CNC(=O)c1ccccn1)C(=O)O. The summed E-state index contributed by atoms with van der Waals surface area (Å²) in [7, 11) is 0. The molecule has 96 valence electrons. The summed E-state index contributed by atoms with van der Waals surface area (Å²) in [5.74, 6) is -2.21. The number of rotatable bonds is 5. The van der Waals surface area contributed by atoms with Gasteiger partial charge in [-0.25, -0.2) is 0 Å². The zero-order valence-corrected chi connectivity index (χ0v) is 9.71. The van der Waals surface area contributed by atoms with Crippen LogP contribution in [0.5, 0.6) is 0 Å². The lowest BCUT2D eigenvalue weighted by Gasteiger charge is -2.09. The Morgan fingerprint density at radius 2 is 2.11 bits per heavy atom. The molecule has 7 heteroatoms. The minimum Gasteiger partial charge on any atom is -0.480 e. The highest BCUT2D eigenvalue weighted by atomic mass is 16.4. The highest BCUT2D eigenvalue weighted by molar-refractivity contribution is 5.95. The molecule has 0 fully saturated rings. The molecule has 0 saturated carbocycles. The number of hydrogen-bond donors (Lipinski definition) is 3. The predicted octanol–water partition coefficient (Wildman–Crippen LogP) is -0.599. The maximum absolute atomic E-state index is 11.5. The van der Waals surface area contributed by atoms with E-state index in [2.05, 4.69) is 15.6 Å². The fourth-order valence-electron chi connectivity index (χ4n) is 1.10. The van der Waals surface area contributed by atoms with Crippen LogP contribution < -0.4 is 10.6 Å². The van der Waals surface area contributed by atoms with Crippen LogP contribution in [-0.4, -0.2) is 40.5 Å². The summed E-state index contributed by atoms with van der Waals surface area (Å²) in [5.41, 5.74) is 0.191. The van der Waals surface area contributed by atoms with Crippen molar-refractivity contribution in [3.05, 3.63) is 30.1 Å². The Morgan fingerprint density at radius 3 is 2.67 bits per heavy atom. The minimum absolute atomic E-state index is 0.191. The first-order valence-electron chi connectivity index (χ1n) is 5.22. The number of nitrogens with one attached hydrogen (secondary N) is 2. The molecule has 0 radical (unpaired) electrons. The van der Waals surface area contributed by atoms with Gasteiger partial charge in [-0.05, 0) is 19.1 Å². The summed E-state index contributed by atoms with van der Waals surface area (Å²) >= 11 is 0. The standard InChI is InChI=1S/C11H13N3O4/c1-7(11(17)18)14-9(15)6-13-10(16)8-4-2-3-5-12-8/h2-5,7H,6H2,1H3,(H,13,16)(H,14,15)(H,17,18)/t7-/m0/s1. The number of carboxylic acids is 1. The van der Waals surface area contributed by atoms with Gasteiger partial charge in [0, 0.05) is 6.20 Å². The zero-order valence-electron chi connectivity index (χ0n) is 9.71. The Bertz CT molecular complexity index is 447. The highest BCUT2D eigenvalue weighted by Gasteiger charge is 2.14. The van der Waals surface area contributed by atoms with Gasteiger partial charge >= 0.3 is 5.97 Å². The van der Waals surface area contributed by atoms with Gasteiger partial charge in [0.05, 0.1) is 6.54 Å². The summed E-state index contributed by atoms with van der Waals surface area (Å²) in [5, 5.41) is 13.1. The zero-order chi connectivity index (χ0) is 13.5. The molecule has 3 N–H and O–H groups in total. The quantitative estimate of drug-likeness (QED) is 0.647. The molecule has 18 heavy (non-hydrogen) atoms. The molecule has 1 heterocycles. The molecule has 0 aromatic carbocycles. The fraction of sp³-hybridized carbons (Fsp3) is 0.273. The lowest BCUT2D eigenvalue weighted by Crippen LogP contribution is -2.44. The van der Waals surface area contributed by atoms with Crippen molar-refractivity contribution in [3.63, 3.8) is 0 Å². The summed E-state index contributed by atoms with van der Waals surface area (Å²) in [4.78, 5) is 37.1. The predicted molar refractivity (Wildman–Crippen MR) is 61.8 cm³/mol. The molecule has 1 aromatic heterocycles. The number of pyridine rings is 1. The molecule has 1 atom stereocenters. The molecule has 0 unspecified atom stereocenters. The maximum Gasteiger partial charge on any atom is 0.325 e. The number of amides is 2. The molecular formula is C11H13N3O4. The van der Waals surface area contributed by atoms with Crippen LogP contribution in [0.25, 0.3) is 0 Å². The molecule has 0 aliphatic heterocycles. The lowest BCUT2D eigenvalue weighted by molar-refractivity contribution is -0.141. The largest absolute Gasteiger partial charge is 0.480 e. The Balaban J connectivity index is 2.40. The van der Waals surface area contributed by atoms with Gasteiger partial charge in [-0.1, -0.05) is 6.07 Å². The molecule has 0 aliphatic rings. The van der Waals surface area contributed by atoms with Gasteiger partial charge in [-0.2, -0.15) is 0 Å². The van der Waals surface area contributed by atoms with Gasteiger partial charge in [0.25, 0.3) is 5.91 Å². The van der Waals surface area contributed by atoms with Crippen LogP contribution in [0.15, 0.2) is 24.4 Å². The van der Waals surface area contributed by atoms with E-state index in [4.69, 9.17) is 5.11 Å². The van der Waals surface area contributed by atoms with Crippen molar-refractivity contribution in [2.45, 2.75) is 13.0 Å². The number of carboxylic acid groups (broad SMARTS) is 1. The van der Waals surface area contributed by atoms with Gasteiger partial charge in [0.15, 0.2) is 0 Å². The summed E-state index contributed by atoms with van der Waals surface area (Å²) in [6, 6.07) is 3.82. The Labute approximate surface area is 103 Å². The van der Waals surface area contributed by atoms with Gasteiger partial charge in [0.2, 0.25) is 5.91 Å². The second-order valence-electron chi connectivity index (χ2n) is 3.53. The fourth-order valence-corrected chi connectivity index (χ4v) is 1.10. The van der Waals surface area contributed by atoms with Crippen LogP contribution in [-0.2, 0) is 9.59 Å². The number of aromatic nitrogens is 1. The van der Waals surface area contributed by atoms with E-state index in [-0.39, 0.29) is 12.2 Å². The summed E-state index contributed by atoms with van der Waals surface area (Å²) in [6.45, 7) is 1.04. The van der Waals surface area contributed by atoms with Crippen molar-refractivity contribution in [2.24, 2.45) is 0 Å². The number of carbonyl (C=O) groups excluding carboxylic acids is 2. The molecule has 0 bridgehead atoms. The first kappa shape index (κ1) is 13.6. The van der Waals surface area contributed by atoms with Gasteiger partial charge in [0.1, 0.15) is 11.7 Å². The first-order chi connectivity index (χ1) is 8.50. The minimum atomic E-state index is -1.14. The summed E-state index contributed by atoms with van der Waals surface area (Å²) < 4.78 is 0. The monoisotopic (exact) mass is 251 g/mol. The van der Waals surface area contributed by atoms with Crippen molar-refractivity contribution in [2.75, 3.05) is 6.54 Å². The second kappa shape index (κ2) is 6.33. The van der Waals surface area contributed by atoms with E-state index in [0.717, 1.165) is 0 Å². The molecule has 7 nitrogen and oxygen atoms in total. The normalized spacial score (nSPS) is 11.4. The number of nitrogens with zero attached hydrogens (tertiary/aromatic N) is 1. The average molecular weight is 251 g/mol. The second-order valence-corrected chi connectivity index (χ2v) is 3.53. The van der Waals surface area contributed by atoms with Gasteiger partial charge in [-0.15, -0.1) is 0 Å². The molecule has 1 aromatic rings. The Kier molecular flexibility index (Phi) is 4.79. The third-order valence-electron chi connectivity index (χ3n) is 2.05. The van der Waals surface area contributed by atoms with Crippen molar-refractivity contribution in [1.29, 1.82) is 0 Å². The number of aliphatic carboxylic acids is 1. The molecule has 0 aliphatic carbocycles. The van der Waals surface area contributed by atoms with Gasteiger partial charge < -0.3 is 15.7 Å². The maximum atomic E-state index is 11.5. The smallest absolute Gasteiger partial charge is 0.325 e. The van der Waals surface area contributed by atoms with E-state index in [1.165, 1.54) is 19.2 Å². The van der Waals surface area contributed by atoms with Crippen LogP contribution >= 0.6 is 0 Å². The molecule has 2 amide bonds. The molecular weight excluding hydrogens is 238 g/mol. The van der Waals surface area contributed by atoms with Crippen LogP contribution in [0.4, 0.5) is 0 Å². The number of hydrogen-bond acceptors (Lipinski definition) is 4. The van der Waals surface area contributed by atoms with E-state index < -0.39 is 23.8 Å². The Hall–Kier alpha value is -2.44. The molecule has 0 saturated heterocycles. The summed E-state index contributed by atoms with van der Waals surface area (Å²) in [6.07, 6.45) is 1.46. The van der Waals surface area contributed by atoms with Gasteiger partial charge in [-0.3, -0.25) is 19.4 Å². The van der Waals surface area contributed by atoms with Crippen LogP contribution in [0.3, 0.4) is 0 Å². The van der Waals surface area contributed by atoms with E-state index >= 15 is 0 Å².